The summed E-state index contributed by atoms with van der Waals surface area (Å²) in [6.45, 7) is 3.45. The van der Waals surface area contributed by atoms with Crippen LogP contribution in [0.1, 0.15) is 34.1 Å². The fourth-order valence-electron chi connectivity index (χ4n) is 4.38. The number of fused-ring (bicyclic) bond motifs is 1. The molecule has 172 valence electrons. The average molecular weight is 452 g/mol. The molecule has 0 spiro atoms. The second-order valence-electron chi connectivity index (χ2n) is 8.45. The molecular weight excluding hydrogens is 422 g/mol. The maximum absolute atomic E-state index is 6.13. The van der Waals surface area contributed by atoms with E-state index in [1.54, 1.807) is 7.11 Å². The average Bonchev–Trinajstić information content (AvgIpc) is 3.32. The molecule has 5 nitrogen and oxygen atoms in total. The molecule has 5 rings (SSSR count). The zero-order valence-electron chi connectivity index (χ0n) is 19.6. The van der Waals surface area contributed by atoms with Crippen LogP contribution < -0.4 is 14.8 Å². The second kappa shape index (κ2) is 9.98. The monoisotopic (exact) mass is 451 g/mol. The minimum absolute atomic E-state index is 0.122. The summed E-state index contributed by atoms with van der Waals surface area (Å²) in [4.78, 5) is 4.30. The summed E-state index contributed by atoms with van der Waals surface area (Å²) in [6.07, 6.45) is 9.16. The lowest BCUT2D eigenvalue weighted by Crippen LogP contribution is -2.28. The molecule has 0 radical (unpaired) electrons. The van der Waals surface area contributed by atoms with E-state index >= 15 is 0 Å². The van der Waals surface area contributed by atoms with Crippen molar-refractivity contribution in [3.63, 3.8) is 0 Å². The fraction of sp³-hybridized carbons (Fsp3) is 0.207. The number of imidazole rings is 1. The SMILES string of the molecule is COc1cc2c(cc1OCc1ccccc1)CCNC2C=Cc1ccc(-n2ccnc2C)cc1. The summed E-state index contributed by atoms with van der Waals surface area (Å²) in [5.74, 6) is 2.53. The van der Waals surface area contributed by atoms with Gasteiger partial charge in [0, 0.05) is 24.6 Å². The van der Waals surface area contributed by atoms with Gasteiger partial charge in [-0.15, -0.1) is 0 Å². The molecule has 0 saturated heterocycles. The summed E-state index contributed by atoms with van der Waals surface area (Å²) in [5.41, 5.74) is 5.94. The molecule has 0 saturated carbocycles. The van der Waals surface area contributed by atoms with E-state index in [-0.39, 0.29) is 6.04 Å². The molecular formula is C29H29N3O2. The van der Waals surface area contributed by atoms with Crippen LogP contribution in [0.5, 0.6) is 11.5 Å². The van der Waals surface area contributed by atoms with E-state index in [0.717, 1.165) is 47.1 Å². The van der Waals surface area contributed by atoms with Crippen LogP contribution in [-0.2, 0) is 13.0 Å². The minimum atomic E-state index is 0.122. The molecule has 0 amide bonds. The van der Waals surface area contributed by atoms with Gasteiger partial charge in [0.05, 0.1) is 13.2 Å². The molecule has 2 heterocycles. The number of hydrogen-bond acceptors (Lipinski definition) is 4. The summed E-state index contributed by atoms with van der Waals surface area (Å²) in [5, 5.41) is 3.62. The van der Waals surface area contributed by atoms with E-state index in [1.165, 1.54) is 11.1 Å². The maximum Gasteiger partial charge on any atom is 0.161 e. The van der Waals surface area contributed by atoms with Gasteiger partial charge < -0.3 is 19.4 Å². The van der Waals surface area contributed by atoms with Crippen molar-refractivity contribution in [3.8, 4) is 17.2 Å². The predicted molar refractivity (Wildman–Crippen MR) is 136 cm³/mol. The van der Waals surface area contributed by atoms with E-state index in [2.05, 4.69) is 75.6 Å². The van der Waals surface area contributed by atoms with Crippen LogP contribution in [0, 0.1) is 6.92 Å². The van der Waals surface area contributed by atoms with Gasteiger partial charge >= 0.3 is 0 Å². The predicted octanol–water partition coefficient (Wildman–Crippen LogP) is 5.67. The second-order valence-corrected chi connectivity index (χ2v) is 8.45. The molecule has 1 atom stereocenters. The summed E-state index contributed by atoms with van der Waals surface area (Å²) in [7, 11) is 1.70. The zero-order chi connectivity index (χ0) is 23.3. The van der Waals surface area contributed by atoms with E-state index in [0.29, 0.717) is 6.61 Å². The molecule has 0 bridgehead atoms. The van der Waals surface area contributed by atoms with Gasteiger partial charge in [0.15, 0.2) is 11.5 Å². The Morgan fingerprint density at radius 2 is 1.88 bits per heavy atom. The minimum Gasteiger partial charge on any atom is -0.493 e. The van der Waals surface area contributed by atoms with Gasteiger partial charge in [0.2, 0.25) is 0 Å². The highest BCUT2D eigenvalue weighted by Crippen LogP contribution is 2.36. The van der Waals surface area contributed by atoms with Crippen molar-refractivity contribution >= 4 is 6.08 Å². The van der Waals surface area contributed by atoms with E-state index in [9.17, 15) is 0 Å². The molecule has 1 N–H and O–H groups in total. The number of aryl methyl sites for hydroxylation is 1. The van der Waals surface area contributed by atoms with Crippen molar-refractivity contribution in [1.29, 1.82) is 0 Å². The summed E-state index contributed by atoms with van der Waals surface area (Å²) in [6, 6.07) is 23.1. The normalized spacial score (nSPS) is 15.3. The van der Waals surface area contributed by atoms with Gasteiger partial charge in [-0.25, -0.2) is 4.98 Å². The molecule has 3 aromatic carbocycles. The van der Waals surface area contributed by atoms with Crippen LogP contribution in [0.2, 0.25) is 0 Å². The molecule has 34 heavy (non-hydrogen) atoms. The standard InChI is InChI=1S/C29H29N3O2/c1-21-30-16-17-32(21)25-11-8-22(9-12-25)10-13-27-26-19-28(33-2)29(18-24(26)14-15-31-27)34-20-23-6-4-3-5-7-23/h3-13,16-19,27,31H,14-15,20H2,1-2H3. The Morgan fingerprint density at radius 1 is 1.06 bits per heavy atom. The van der Waals surface area contributed by atoms with Gasteiger partial charge in [0.25, 0.3) is 0 Å². The summed E-state index contributed by atoms with van der Waals surface area (Å²) >= 11 is 0. The van der Waals surface area contributed by atoms with Crippen LogP contribution in [0.3, 0.4) is 0 Å². The topological polar surface area (TPSA) is 48.3 Å². The Bertz CT molecular complexity index is 1280. The summed E-state index contributed by atoms with van der Waals surface area (Å²) < 4.78 is 13.9. The number of nitrogens with one attached hydrogen (secondary N) is 1. The lowest BCUT2D eigenvalue weighted by Gasteiger charge is -2.26. The van der Waals surface area contributed by atoms with Gasteiger partial charge in [-0.3, -0.25) is 0 Å². The van der Waals surface area contributed by atoms with Crippen molar-refractivity contribution in [1.82, 2.24) is 14.9 Å². The number of aromatic nitrogens is 2. The zero-order valence-corrected chi connectivity index (χ0v) is 19.6. The molecule has 4 aromatic rings. The third kappa shape index (κ3) is 4.75. The Labute approximate surface area is 200 Å². The molecule has 5 heteroatoms. The van der Waals surface area contributed by atoms with Gasteiger partial charge in [-0.1, -0.05) is 54.6 Å². The number of ether oxygens (including phenoxy) is 2. The van der Waals surface area contributed by atoms with Crippen LogP contribution in [0.4, 0.5) is 0 Å². The van der Waals surface area contributed by atoms with E-state index < -0.39 is 0 Å². The number of rotatable bonds is 7. The van der Waals surface area contributed by atoms with Crippen LogP contribution in [-0.4, -0.2) is 23.2 Å². The van der Waals surface area contributed by atoms with E-state index in [1.807, 2.05) is 37.5 Å². The number of hydrogen-bond donors (Lipinski definition) is 1. The third-order valence-corrected chi connectivity index (χ3v) is 6.23. The third-order valence-electron chi connectivity index (χ3n) is 6.23. The van der Waals surface area contributed by atoms with Gasteiger partial charge in [-0.2, -0.15) is 0 Å². The van der Waals surface area contributed by atoms with Crippen molar-refractivity contribution in [2.24, 2.45) is 0 Å². The first-order chi connectivity index (χ1) is 16.7. The Kier molecular flexibility index (Phi) is 6.45. The molecule has 1 aliphatic heterocycles. The molecule has 1 unspecified atom stereocenters. The Balaban J connectivity index is 1.34. The lowest BCUT2D eigenvalue weighted by molar-refractivity contribution is 0.283. The van der Waals surface area contributed by atoms with Crippen LogP contribution in [0.25, 0.3) is 11.8 Å². The van der Waals surface area contributed by atoms with Gasteiger partial charge in [0.1, 0.15) is 12.4 Å². The van der Waals surface area contributed by atoms with Gasteiger partial charge in [-0.05, 0) is 59.9 Å². The smallest absolute Gasteiger partial charge is 0.161 e. The first kappa shape index (κ1) is 22.0. The Hall–Kier alpha value is -3.83. The number of benzene rings is 3. The van der Waals surface area contributed by atoms with Crippen molar-refractivity contribution in [2.45, 2.75) is 26.0 Å². The molecule has 1 aliphatic rings. The number of methoxy groups -OCH3 is 1. The van der Waals surface area contributed by atoms with Crippen molar-refractivity contribution in [3.05, 3.63) is 113 Å². The van der Waals surface area contributed by atoms with E-state index in [4.69, 9.17) is 9.47 Å². The molecule has 0 fully saturated rings. The van der Waals surface area contributed by atoms with Crippen LogP contribution in [0.15, 0.2) is 85.2 Å². The van der Waals surface area contributed by atoms with Crippen molar-refractivity contribution in [2.75, 3.05) is 13.7 Å². The highest BCUT2D eigenvalue weighted by atomic mass is 16.5. The Morgan fingerprint density at radius 3 is 2.62 bits per heavy atom. The maximum atomic E-state index is 6.13. The molecule has 1 aromatic heterocycles. The quantitative estimate of drug-likeness (QED) is 0.393. The van der Waals surface area contributed by atoms with Crippen LogP contribution >= 0.6 is 0 Å². The molecule has 0 aliphatic carbocycles. The first-order valence-corrected chi connectivity index (χ1v) is 11.6. The highest BCUT2D eigenvalue weighted by molar-refractivity contribution is 5.56. The first-order valence-electron chi connectivity index (χ1n) is 11.6. The fourth-order valence-corrected chi connectivity index (χ4v) is 4.38. The lowest BCUT2D eigenvalue weighted by atomic mass is 9.93. The van der Waals surface area contributed by atoms with Crippen molar-refractivity contribution < 1.29 is 9.47 Å². The number of nitrogens with zero attached hydrogens (tertiary/aromatic N) is 2. The largest absolute Gasteiger partial charge is 0.493 e. The highest BCUT2D eigenvalue weighted by Gasteiger charge is 2.21.